The third-order valence-electron chi connectivity index (χ3n) is 2.56. The van der Waals surface area contributed by atoms with Crippen LogP contribution in [-0.4, -0.2) is 22.9 Å². The van der Waals surface area contributed by atoms with Crippen LogP contribution >= 0.6 is 0 Å². The van der Waals surface area contributed by atoms with E-state index in [4.69, 9.17) is 11.1 Å². The van der Waals surface area contributed by atoms with E-state index in [0.717, 1.165) is 5.69 Å². The molecule has 0 fully saturated rings. The SMILES string of the molecule is CN(Cc1ccccn1)c1ncccc1C(=N)N. The number of amidine groups is 1. The van der Waals surface area contributed by atoms with Crippen LogP contribution in [0.4, 0.5) is 5.82 Å². The van der Waals surface area contributed by atoms with Crippen molar-refractivity contribution in [1.82, 2.24) is 9.97 Å². The van der Waals surface area contributed by atoms with E-state index in [-0.39, 0.29) is 5.84 Å². The van der Waals surface area contributed by atoms with Gasteiger partial charge in [0.25, 0.3) is 0 Å². The lowest BCUT2D eigenvalue weighted by Gasteiger charge is -2.20. The molecule has 0 unspecified atom stereocenters. The highest BCUT2D eigenvalue weighted by atomic mass is 15.2. The molecule has 2 aromatic heterocycles. The fourth-order valence-corrected chi connectivity index (χ4v) is 1.72. The first kappa shape index (κ1) is 12.0. The van der Waals surface area contributed by atoms with Gasteiger partial charge in [-0.15, -0.1) is 0 Å². The number of nitrogen functional groups attached to an aromatic ring is 1. The van der Waals surface area contributed by atoms with Crippen molar-refractivity contribution in [2.75, 3.05) is 11.9 Å². The van der Waals surface area contributed by atoms with Crippen LogP contribution < -0.4 is 10.6 Å². The Morgan fingerprint density at radius 1 is 1.22 bits per heavy atom. The fraction of sp³-hybridized carbons (Fsp3) is 0.154. The van der Waals surface area contributed by atoms with Crippen LogP contribution in [-0.2, 0) is 6.54 Å². The molecule has 0 aliphatic heterocycles. The summed E-state index contributed by atoms with van der Waals surface area (Å²) in [4.78, 5) is 10.5. The molecular weight excluding hydrogens is 226 g/mol. The van der Waals surface area contributed by atoms with Crippen LogP contribution in [0.3, 0.4) is 0 Å². The smallest absolute Gasteiger partial charge is 0.139 e. The summed E-state index contributed by atoms with van der Waals surface area (Å²) in [7, 11) is 1.91. The molecule has 0 aliphatic rings. The Balaban J connectivity index is 2.24. The third kappa shape index (κ3) is 2.63. The van der Waals surface area contributed by atoms with E-state index in [9.17, 15) is 0 Å². The average molecular weight is 241 g/mol. The Morgan fingerprint density at radius 2 is 2.00 bits per heavy atom. The van der Waals surface area contributed by atoms with Crippen LogP contribution in [0.15, 0.2) is 42.7 Å². The van der Waals surface area contributed by atoms with Gasteiger partial charge in [0.05, 0.1) is 17.8 Å². The predicted molar refractivity (Wildman–Crippen MR) is 71.6 cm³/mol. The van der Waals surface area contributed by atoms with Crippen molar-refractivity contribution in [2.24, 2.45) is 5.73 Å². The molecule has 0 amide bonds. The highest BCUT2D eigenvalue weighted by molar-refractivity contribution is 5.99. The van der Waals surface area contributed by atoms with Crippen molar-refractivity contribution < 1.29 is 0 Å². The number of nitrogens with two attached hydrogens (primary N) is 1. The first-order chi connectivity index (χ1) is 8.68. The van der Waals surface area contributed by atoms with Gasteiger partial charge in [0, 0.05) is 19.4 Å². The Morgan fingerprint density at radius 3 is 2.67 bits per heavy atom. The van der Waals surface area contributed by atoms with Crippen LogP contribution in [0.1, 0.15) is 11.3 Å². The maximum Gasteiger partial charge on any atom is 0.139 e. The summed E-state index contributed by atoms with van der Waals surface area (Å²) in [6.07, 6.45) is 3.45. The molecule has 0 aromatic carbocycles. The molecule has 0 atom stereocenters. The van der Waals surface area contributed by atoms with Gasteiger partial charge in [0.2, 0.25) is 0 Å². The Kier molecular flexibility index (Phi) is 3.52. The molecule has 0 bridgehead atoms. The highest BCUT2D eigenvalue weighted by Crippen LogP contribution is 2.16. The quantitative estimate of drug-likeness (QED) is 0.626. The molecule has 3 N–H and O–H groups in total. The summed E-state index contributed by atoms with van der Waals surface area (Å²) < 4.78 is 0. The standard InChI is InChI=1S/C13H15N5/c1-18(9-10-5-2-3-7-16-10)13-11(12(14)15)6-4-8-17-13/h2-8H,9H2,1H3,(H3,14,15). The second-order valence-corrected chi connectivity index (χ2v) is 3.97. The Hall–Kier alpha value is -2.43. The molecule has 0 radical (unpaired) electrons. The number of nitrogens with one attached hydrogen (secondary N) is 1. The van der Waals surface area contributed by atoms with Crippen LogP contribution in [0.5, 0.6) is 0 Å². The molecule has 0 spiro atoms. The number of rotatable bonds is 4. The molecule has 2 rings (SSSR count). The molecule has 5 heteroatoms. The Labute approximate surface area is 106 Å². The van der Waals surface area contributed by atoms with Crippen molar-refractivity contribution in [2.45, 2.75) is 6.54 Å². The molecule has 0 saturated heterocycles. The number of nitrogens with zero attached hydrogens (tertiary/aromatic N) is 3. The summed E-state index contributed by atoms with van der Waals surface area (Å²) in [5, 5.41) is 7.54. The highest BCUT2D eigenvalue weighted by Gasteiger charge is 2.11. The monoisotopic (exact) mass is 241 g/mol. The zero-order chi connectivity index (χ0) is 13.0. The van der Waals surface area contributed by atoms with Crippen molar-refractivity contribution in [3.63, 3.8) is 0 Å². The lowest BCUT2D eigenvalue weighted by Crippen LogP contribution is -2.23. The normalized spacial score (nSPS) is 10.1. The largest absolute Gasteiger partial charge is 0.384 e. The van der Waals surface area contributed by atoms with Gasteiger partial charge < -0.3 is 10.6 Å². The molecule has 0 saturated carbocycles. The van der Waals surface area contributed by atoms with Gasteiger partial charge in [-0.1, -0.05) is 6.07 Å². The number of aromatic nitrogens is 2. The number of pyridine rings is 2. The molecular formula is C13H15N5. The lowest BCUT2D eigenvalue weighted by molar-refractivity contribution is 0.864. The minimum atomic E-state index is 0.0194. The summed E-state index contributed by atoms with van der Waals surface area (Å²) >= 11 is 0. The summed E-state index contributed by atoms with van der Waals surface area (Å²) in [5.41, 5.74) is 7.13. The lowest BCUT2D eigenvalue weighted by atomic mass is 10.2. The summed E-state index contributed by atoms with van der Waals surface area (Å²) in [6, 6.07) is 9.34. The van der Waals surface area contributed by atoms with Gasteiger partial charge in [0.1, 0.15) is 11.7 Å². The van der Waals surface area contributed by atoms with Crippen LogP contribution in [0.2, 0.25) is 0 Å². The van der Waals surface area contributed by atoms with Crippen molar-refractivity contribution >= 4 is 11.7 Å². The second kappa shape index (κ2) is 5.27. The molecule has 0 aliphatic carbocycles. The van der Waals surface area contributed by atoms with E-state index in [2.05, 4.69) is 9.97 Å². The van der Waals surface area contributed by atoms with Crippen LogP contribution in [0, 0.1) is 5.41 Å². The zero-order valence-electron chi connectivity index (χ0n) is 10.2. The topological polar surface area (TPSA) is 78.9 Å². The van der Waals surface area contributed by atoms with Crippen molar-refractivity contribution in [3.8, 4) is 0 Å². The van der Waals surface area contributed by atoms with Gasteiger partial charge >= 0.3 is 0 Å². The molecule has 92 valence electrons. The van der Waals surface area contributed by atoms with E-state index in [1.165, 1.54) is 0 Å². The van der Waals surface area contributed by atoms with Gasteiger partial charge in [-0.05, 0) is 24.3 Å². The summed E-state index contributed by atoms with van der Waals surface area (Å²) in [5.74, 6) is 0.710. The first-order valence-corrected chi connectivity index (χ1v) is 5.59. The predicted octanol–water partition coefficient (Wildman–Crippen LogP) is 1.40. The maximum atomic E-state index is 7.54. The van der Waals surface area contributed by atoms with E-state index >= 15 is 0 Å². The number of hydrogen-bond donors (Lipinski definition) is 2. The molecule has 2 aromatic rings. The Bertz CT molecular complexity index is 538. The molecule has 5 nitrogen and oxygen atoms in total. The fourth-order valence-electron chi connectivity index (χ4n) is 1.72. The van der Waals surface area contributed by atoms with Gasteiger partial charge in [-0.3, -0.25) is 10.4 Å². The van der Waals surface area contributed by atoms with E-state index in [1.54, 1.807) is 24.5 Å². The van der Waals surface area contributed by atoms with Gasteiger partial charge in [0.15, 0.2) is 0 Å². The van der Waals surface area contributed by atoms with Gasteiger partial charge in [-0.2, -0.15) is 0 Å². The van der Waals surface area contributed by atoms with E-state index in [1.807, 2.05) is 30.1 Å². The van der Waals surface area contributed by atoms with Crippen molar-refractivity contribution in [3.05, 3.63) is 54.0 Å². The maximum absolute atomic E-state index is 7.54. The molecule has 2 heterocycles. The minimum Gasteiger partial charge on any atom is -0.384 e. The minimum absolute atomic E-state index is 0.0194. The van der Waals surface area contributed by atoms with Crippen LogP contribution in [0.25, 0.3) is 0 Å². The van der Waals surface area contributed by atoms with Gasteiger partial charge in [-0.25, -0.2) is 4.98 Å². The zero-order valence-corrected chi connectivity index (χ0v) is 10.2. The third-order valence-corrected chi connectivity index (χ3v) is 2.56. The van der Waals surface area contributed by atoms with Crippen molar-refractivity contribution in [1.29, 1.82) is 5.41 Å². The number of anilines is 1. The summed E-state index contributed by atoms with van der Waals surface area (Å²) in [6.45, 7) is 0.623. The second-order valence-electron chi connectivity index (χ2n) is 3.97. The molecule has 18 heavy (non-hydrogen) atoms. The van der Waals surface area contributed by atoms with E-state index in [0.29, 0.717) is 17.9 Å². The average Bonchev–Trinajstić information content (AvgIpc) is 2.40. The van der Waals surface area contributed by atoms with E-state index < -0.39 is 0 Å². The first-order valence-electron chi connectivity index (χ1n) is 5.59. The number of hydrogen-bond acceptors (Lipinski definition) is 4.